The Bertz CT molecular complexity index is 1520. The molecule has 1 amide bonds. The number of fused-ring (bicyclic) bond motifs is 1. The van der Waals surface area contributed by atoms with Gasteiger partial charge >= 0.3 is 0 Å². The average molecular weight is 528 g/mol. The first-order chi connectivity index (χ1) is 18.5. The third-order valence-electron chi connectivity index (χ3n) is 6.87. The highest BCUT2D eigenvalue weighted by Crippen LogP contribution is 2.44. The van der Waals surface area contributed by atoms with Crippen molar-refractivity contribution in [3.63, 3.8) is 0 Å². The van der Waals surface area contributed by atoms with E-state index in [4.69, 9.17) is 11.6 Å². The Hall–Kier alpha value is -4.10. The molecule has 0 saturated carbocycles. The highest BCUT2D eigenvalue weighted by molar-refractivity contribution is 6.30. The van der Waals surface area contributed by atoms with E-state index < -0.39 is 0 Å². The Kier molecular flexibility index (Phi) is 7.75. The monoisotopic (exact) mass is 527 g/mol. The van der Waals surface area contributed by atoms with Crippen LogP contribution in [-0.4, -0.2) is 26.5 Å². The summed E-state index contributed by atoms with van der Waals surface area (Å²) in [5.74, 6) is 0.00651. The smallest absolute Gasteiger partial charge is 0.251 e. The van der Waals surface area contributed by atoms with Gasteiger partial charge in [-0.05, 0) is 64.7 Å². The Labute approximate surface area is 225 Å². The van der Waals surface area contributed by atoms with Crippen LogP contribution in [0, 0.1) is 5.82 Å². The first kappa shape index (κ1) is 25.5. The van der Waals surface area contributed by atoms with Gasteiger partial charge in [0.05, 0.1) is 6.54 Å². The summed E-state index contributed by atoms with van der Waals surface area (Å²) in [6.45, 7) is 2.35. The van der Waals surface area contributed by atoms with Crippen LogP contribution >= 0.6 is 11.6 Å². The SMILES string of the molecule is CCC[C@H](c1ccc(C(=O)NCc2nn[nH]n2)cc1)C(c1ccc(Cl)cc1)c1ccc(F)c2ccccc12. The fourth-order valence-electron chi connectivity index (χ4n) is 5.09. The number of tetrazole rings is 1. The standard InChI is InChI=1S/C30H27ClFN5O/c1-2-5-23(19-8-10-21(11-9-19)30(38)33-18-28-34-36-37-35-28)29(20-12-14-22(31)15-13-20)26-16-17-27(32)25-7-4-3-6-24(25)26/h3-4,6-17,23,29H,2,5,18H2,1H3,(H,33,38)(H,34,35,36,37)/t23-,29?/m1/s1. The summed E-state index contributed by atoms with van der Waals surface area (Å²) in [5, 5.41) is 18.6. The third kappa shape index (κ3) is 5.43. The molecule has 1 unspecified atom stereocenters. The molecule has 2 N–H and O–H groups in total. The van der Waals surface area contributed by atoms with Crippen molar-refractivity contribution in [2.24, 2.45) is 0 Å². The molecule has 0 saturated heterocycles. The Balaban J connectivity index is 1.53. The molecule has 0 bridgehead atoms. The number of aromatic amines is 1. The highest BCUT2D eigenvalue weighted by atomic mass is 35.5. The Morgan fingerprint density at radius 2 is 1.66 bits per heavy atom. The van der Waals surface area contributed by atoms with Gasteiger partial charge in [0.1, 0.15) is 5.82 Å². The van der Waals surface area contributed by atoms with Crippen LogP contribution in [0.5, 0.6) is 0 Å². The van der Waals surface area contributed by atoms with Gasteiger partial charge in [0.25, 0.3) is 5.91 Å². The minimum atomic E-state index is -0.234. The second-order valence-corrected chi connectivity index (χ2v) is 9.68. The molecule has 5 aromatic rings. The lowest BCUT2D eigenvalue weighted by atomic mass is 9.74. The highest BCUT2D eigenvalue weighted by Gasteiger charge is 2.28. The van der Waals surface area contributed by atoms with Gasteiger partial charge in [-0.3, -0.25) is 4.79 Å². The van der Waals surface area contributed by atoms with Gasteiger partial charge < -0.3 is 5.32 Å². The number of hydrogen-bond donors (Lipinski definition) is 2. The zero-order chi connectivity index (χ0) is 26.5. The lowest BCUT2D eigenvalue weighted by Crippen LogP contribution is -2.23. The fraction of sp³-hybridized carbons (Fsp3) is 0.200. The summed E-state index contributed by atoms with van der Waals surface area (Å²) in [5.41, 5.74) is 3.81. The molecule has 0 spiro atoms. The van der Waals surface area contributed by atoms with Gasteiger partial charge in [0.2, 0.25) is 0 Å². The van der Waals surface area contributed by atoms with Crippen LogP contribution in [0.25, 0.3) is 10.8 Å². The minimum absolute atomic E-state index is 0.0457. The van der Waals surface area contributed by atoms with Crippen LogP contribution in [0.1, 0.15) is 64.5 Å². The number of carbonyl (C=O) groups excluding carboxylic acids is 1. The van der Waals surface area contributed by atoms with Gasteiger partial charge in [-0.25, -0.2) is 4.39 Å². The number of amides is 1. The lowest BCUT2D eigenvalue weighted by Gasteiger charge is -2.30. The molecule has 38 heavy (non-hydrogen) atoms. The summed E-state index contributed by atoms with van der Waals surface area (Å²) in [4.78, 5) is 12.7. The van der Waals surface area contributed by atoms with Gasteiger partial charge in [-0.1, -0.05) is 84.8 Å². The van der Waals surface area contributed by atoms with Crippen LogP contribution in [0.2, 0.25) is 5.02 Å². The van der Waals surface area contributed by atoms with Crippen LogP contribution in [-0.2, 0) is 6.54 Å². The number of halogens is 2. The zero-order valence-electron chi connectivity index (χ0n) is 20.9. The van der Waals surface area contributed by atoms with Gasteiger partial charge in [-0.15, -0.1) is 10.2 Å². The first-order valence-corrected chi connectivity index (χ1v) is 13.0. The molecular weight excluding hydrogens is 501 g/mol. The minimum Gasteiger partial charge on any atom is -0.345 e. The van der Waals surface area contributed by atoms with Crippen molar-refractivity contribution in [1.82, 2.24) is 25.9 Å². The van der Waals surface area contributed by atoms with E-state index in [1.54, 1.807) is 6.07 Å². The third-order valence-corrected chi connectivity index (χ3v) is 7.12. The number of H-pyrrole nitrogens is 1. The molecule has 192 valence electrons. The topological polar surface area (TPSA) is 83.6 Å². The van der Waals surface area contributed by atoms with Crippen molar-refractivity contribution in [2.45, 2.75) is 38.1 Å². The number of rotatable bonds is 9. The molecular formula is C30H27ClFN5O. The van der Waals surface area contributed by atoms with Crippen molar-refractivity contribution < 1.29 is 9.18 Å². The van der Waals surface area contributed by atoms with Crippen LogP contribution < -0.4 is 5.32 Å². The molecule has 6 nitrogen and oxygen atoms in total. The molecule has 1 aromatic heterocycles. The molecule has 0 fully saturated rings. The second-order valence-electron chi connectivity index (χ2n) is 9.24. The lowest BCUT2D eigenvalue weighted by molar-refractivity contribution is 0.0950. The van der Waals surface area contributed by atoms with Crippen molar-refractivity contribution in [2.75, 3.05) is 0 Å². The van der Waals surface area contributed by atoms with E-state index in [1.807, 2.05) is 78.9 Å². The Morgan fingerprint density at radius 1 is 0.947 bits per heavy atom. The number of benzene rings is 4. The molecule has 1 heterocycles. The molecule has 0 aliphatic carbocycles. The predicted octanol–water partition coefficient (Wildman–Crippen LogP) is 6.79. The molecule has 8 heteroatoms. The van der Waals surface area contributed by atoms with Gasteiger partial charge in [-0.2, -0.15) is 5.21 Å². The number of aromatic nitrogens is 4. The van der Waals surface area contributed by atoms with E-state index in [1.165, 1.54) is 0 Å². The summed E-state index contributed by atoms with van der Waals surface area (Å²) < 4.78 is 14.8. The van der Waals surface area contributed by atoms with E-state index in [0.29, 0.717) is 21.8 Å². The van der Waals surface area contributed by atoms with E-state index in [0.717, 1.165) is 34.9 Å². The number of carbonyl (C=O) groups is 1. The van der Waals surface area contributed by atoms with Crippen LogP contribution in [0.4, 0.5) is 4.39 Å². The molecule has 0 radical (unpaired) electrons. The first-order valence-electron chi connectivity index (χ1n) is 12.6. The maximum Gasteiger partial charge on any atom is 0.251 e. The predicted molar refractivity (Wildman–Crippen MR) is 147 cm³/mol. The van der Waals surface area contributed by atoms with E-state index in [-0.39, 0.29) is 30.1 Å². The quantitative estimate of drug-likeness (QED) is 0.221. The molecule has 0 aliphatic heterocycles. The van der Waals surface area contributed by atoms with Gasteiger partial charge in [0, 0.05) is 21.9 Å². The van der Waals surface area contributed by atoms with Gasteiger partial charge in [0.15, 0.2) is 5.82 Å². The van der Waals surface area contributed by atoms with Crippen LogP contribution in [0.3, 0.4) is 0 Å². The summed E-state index contributed by atoms with van der Waals surface area (Å²) in [7, 11) is 0. The summed E-state index contributed by atoms with van der Waals surface area (Å²) in [6.07, 6.45) is 1.86. The van der Waals surface area contributed by atoms with E-state index in [2.05, 4.69) is 32.9 Å². The zero-order valence-corrected chi connectivity index (χ0v) is 21.6. The Morgan fingerprint density at radius 3 is 2.34 bits per heavy atom. The second kappa shape index (κ2) is 11.5. The normalized spacial score (nSPS) is 12.8. The van der Waals surface area contributed by atoms with Crippen molar-refractivity contribution in [3.05, 3.63) is 124 Å². The van der Waals surface area contributed by atoms with Crippen molar-refractivity contribution >= 4 is 28.3 Å². The van der Waals surface area contributed by atoms with Crippen LogP contribution in [0.15, 0.2) is 84.9 Å². The molecule has 0 aliphatic rings. The summed E-state index contributed by atoms with van der Waals surface area (Å²) >= 11 is 6.24. The van der Waals surface area contributed by atoms with Crippen molar-refractivity contribution in [3.8, 4) is 0 Å². The molecule has 4 aromatic carbocycles. The largest absolute Gasteiger partial charge is 0.345 e. The fourth-order valence-corrected chi connectivity index (χ4v) is 5.22. The number of nitrogens with zero attached hydrogens (tertiary/aromatic N) is 3. The number of nitrogens with one attached hydrogen (secondary N) is 2. The van der Waals surface area contributed by atoms with E-state index in [9.17, 15) is 9.18 Å². The number of hydrogen-bond acceptors (Lipinski definition) is 4. The summed E-state index contributed by atoms with van der Waals surface area (Å²) in [6, 6.07) is 26.7. The molecule has 2 atom stereocenters. The average Bonchev–Trinajstić information content (AvgIpc) is 3.47. The maximum absolute atomic E-state index is 14.8. The molecule has 5 rings (SSSR count). The van der Waals surface area contributed by atoms with Crippen molar-refractivity contribution in [1.29, 1.82) is 0 Å². The maximum atomic E-state index is 14.8. The van der Waals surface area contributed by atoms with E-state index >= 15 is 0 Å².